The summed E-state index contributed by atoms with van der Waals surface area (Å²) in [5.74, 6) is 0.991. The van der Waals surface area contributed by atoms with Crippen LogP contribution in [0.15, 0.2) is 0 Å². The van der Waals surface area contributed by atoms with E-state index in [1.807, 2.05) is 0 Å². The molecule has 0 amide bonds. The number of hydrogen-bond donors (Lipinski definition) is 1. The molecule has 0 aromatic rings. The molecule has 0 saturated carbocycles. The van der Waals surface area contributed by atoms with E-state index in [1.54, 1.807) is 0 Å². The van der Waals surface area contributed by atoms with E-state index in [0.717, 1.165) is 38.4 Å². The van der Waals surface area contributed by atoms with Crippen LogP contribution >= 0.6 is 12.6 Å². The van der Waals surface area contributed by atoms with Crippen LogP contribution in [-0.2, 0) is 14.3 Å². The van der Waals surface area contributed by atoms with Crippen molar-refractivity contribution >= 4 is 21.6 Å². The van der Waals surface area contributed by atoms with Gasteiger partial charge in [0.25, 0.3) is 0 Å². The van der Waals surface area contributed by atoms with Crippen LogP contribution < -0.4 is 0 Å². The van der Waals surface area contributed by atoms with Gasteiger partial charge in [0.1, 0.15) is 15.8 Å². The van der Waals surface area contributed by atoms with E-state index in [4.69, 9.17) is 14.3 Å². The van der Waals surface area contributed by atoms with Gasteiger partial charge in [0, 0.05) is 13.2 Å². The van der Waals surface area contributed by atoms with E-state index in [1.165, 1.54) is 69.9 Å². The first-order valence-corrected chi connectivity index (χ1v) is 14.3. The number of rotatable bonds is 16. The molecule has 1 aliphatic rings. The molecule has 0 bridgehead atoms. The summed E-state index contributed by atoms with van der Waals surface area (Å²) in [5.41, 5.74) is 0. The van der Waals surface area contributed by atoms with Gasteiger partial charge in [0.15, 0.2) is 0 Å². The Balaban J connectivity index is 2.11. The Bertz CT molecular complexity index is 326. The fourth-order valence-corrected chi connectivity index (χ4v) is 7.45. The van der Waals surface area contributed by atoms with Crippen molar-refractivity contribution in [2.45, 2.75) is 103 Å². The number of unbranched alkanes of at least 4 members (excludes halogenated alkanes) is 6. The molecule has 1 heterocycles. The molecule has 0 aromatic carbocycles. The number of thiol groups is 1. The van der Waals surface area contributed by atoms with Crippen molar-refractivity contribution in [3.8, 4) is 0 Å². The Hall–Kier alpha value is 0.407. The van der Waals surface area contributed by atoms with Gasteiger partial charge in [-0.15, -0.1) is 0 Å². The molecule has 0 aliphatic carbocycles. The minimum atomic E-state index is -0.960. The Morgan fingerprint density at radius 2 is 1.78 bits per heavy atom. The van der Waals surface area contributed by atoms with Crippen LogP contribution in [0, 0.1) is 0 Å². The molecule has 0 radical (unpaired) electrons. The van der Waals surface area contributed by atoms with E-state index in [9.17, 15) is 0 Å². The lowest BCUT2D eigenvalue weighted by Gasteiger charge is -2.33. The van der Waals surface area contributed by atoms with E-state index in [2.05, 4.69) is 31.2 Å². The van der Waals surface area contributed by atoms with Gasteiger partial charge in [-0.25, -0.2) is 4.73 Å². The Morgan fingerprint density at radius 3 is 2.52 bits per heavy atom. The predicted molar refractivity (Wildman–Crippen MR) is 121 cm³/mol. The van der Waals surface area contributed by atoms with Gasteiger partial charge in [-0.3, -0.25) is 0 Å². The minimum Gasteiger partial charge on any atom is -0.355 e. The summed E-state index contributed by atoms with van der Waals surface area (Å²) in [6, 6.07) is 2.64. The first-order chi connectivity index (χ1) is 13.3. The standard InChI is InChI=1S/C21H45NO3SSi/c1-3-5-6-7-8-9-10-16-23-20-24-21-13-11-18-27(19-12-17-26)22(15-14-21)25-4-2/h21,26-27H,3-20H2,1-2H3. The van der Waals surface area contributed by atoms with E-state index < -0.39 is 8.96 Å². The van der Waals surface area contributed by atoms with Crippen LogP contribution in [0.3, 0.4) is 0 Å². The zero-order chi connectivity index (χ0) is 19.6. The van der Waals surface area contributed by atoms with Crippen LogP contribution in [0.5, 0.6) is 0 Å². The highest BCUT2D eigenvalue weighted by Crippen LogP contribution is 2.21. The van der Waals surface area contributed by atoms with Gasteiger partial charge in [-0.2, -0.15) is 12.6 Å². The van der Waals surface area contributed by atoms with Crippen LogP contribution in [0.4, 0.5) is 0 Å². The summed E-state index contributed by atoms with van der Waals surface area (Å²) in [6.45, 7) is 7.44. The molecule has 0 aromatic heterocycles. The van der Waals surface area contributed by atoms with Gasteiger partial charge >= 0.3 is 0 Å². The second-order valence-corrected chi connectivity index (χ2v) is 11.2. The van der Waals surface area contributed by atoms with E-state index in [0.29, 0.717) is 12.9 Å². The molecule has 0 spiro atoms. The average Bonchev–Trinajstić information content (AvgIpc) is 2.66. The zero-order valence-electron chi connectivity index (χ0n) is 18.0. The molecule has 1 saturated heterocycles. The highest BCUT2D eigenvalue weighted by molar-refractivity contribution is 7.80. The predicted octanol–water partition coefficient (Wildman–Crippen LogP) is 5.58. The van der Waals surface area contributed by atoms with E-state index in [-0.39, 0.29) is 0 Å². The Morgan fingerprint density at radius 1 is 1.00 bits per heavy atom. The molecule has 1 rings (SSSR count). The molecular weight excluding hydrogens is 374 g/mol. The highest BCUT2D eigenvalue weighted by Gasteiger charge is 2.25. The van der Waals surface area contributed by atoms with Crippen molar-refractivity contribution in [2.75, 3.05) is 32.3 Å². The summed E-state index contributed by atoms with van der Waals surface area (Å²) in [7, 11) is -0.960. The monoisotopic (exact) mass is 419 g/mol. The van der Waals surface area contributed by atoms with Gasteiger partial charge in [0.2, 0.25) is 0 Å². The molecule has 2 atom stereocenters. The first-order valence-electron chi connectivity index (χ1n) is 11.5. The fraction of sp³-hybridized carbons (Fsp3) is 1.00. The first kappa shape index (κ1) is 25.4. The molecule has 4 nitrogen and oxygen atoms in total. The molecule has 27 heavy (non-hydrogen) atoms. The molecule has 2 unspecified atom stereocenters. The van der Waals surface area contributed by atoms with Crippen molar-refractivity contribution in [3.63, 3.8) is 0 Å². The summed E-state index contributed by atoms with van der Waals surface area (Å²) < 4.78 is 14.1. The zero-order valence-corrected chi connectivity index (χ0v) is 20.1. The summed E-state index contributed by atoms with van der Waals surface area (Å²) in [6.07, 6.45) is 14.3. The van der Waals surface area contributed by atoms with Crippen LogP contribution in [0.1, 0.15) is 84.5 Å². The fourth-order valence-electron chi connectivity index (χ4n) is 3.81. The van der Waals surface area contributed by atoms with Crippen molar-refractivity contribution in [1.82, 2.24) is 4.73 Å². The smallest absolute Gasteiger partial charge is 0.147 e. The van der Waals surface area contributed by atoms with Crippen LogP contribution in [-0.4, -0.2) is 52.1 Å². The Labute approximate surface area is 175 Å². The van der Waals surface area contributed by atoms with E-state index >= 15 is 0 Å². The number of hydrogen-bond acceptors (Lipinski definition) is 5. The van der Waals surface area contributed by atoms with Crippen LogP contribution in [0.2, 0.25) is 12.1 Å². The maximum atomic E-state index is 6.02. The van der Waals surface area contributed by atoms with Gasteiger partial charge in [-0.1, -0.05) is 51.9 Å². The quantitative estimate of drug-likeness (QED) is 0.153. The number of ether oxygens (including phenoxy) is 2. The lowest BCUT2D eigenvalue weighted by Crippen LogP contribution is -2.42. The van der Waals surface area contributed by atoms with Gasteiger partial charge in [-0.05, 0) is 50.4 Å². The second-order valence-electron chi connectivity index (χ2n) is 7.73. The Kier molecular flexibility index (Phi) is 17.4. The summed E-state index contributed by atoms with van der Waals surface area (Å²) >= 11 is 4.38. The van der Waals surface area contributed by atoms with Crippen LogP contribution in [0.25, 0.3) is 0 Å². The van der Waals surface area contributed by atoms with Crippen molar-refractivity contribution in [2.24, 2.45) is 0 Å². The molecule has 162 valence electrons. The normalized spacial score (nSPS) is 21.9. The number of hydroxylamine groups is 1. The molecular formula is C21H45NO3SSi. The maximum Gasteiger partial charge on any atom is 0.147 e. The summed E-state index contributed by atoms with van der Waals surface area (Å²) in [5, 5.41) is 0. The molecule has 6 heteroatoms. The third kappa shape index (κ3) is 13.3. The molecule has 0 N–H and O–H groups in total. The largest absolute Gasteiger partial charge is 0.355 e. The third-order valence-electron chi connectivity index (χ3n) is 5.41. The third-order valence-corrected chi connectivity index (χ3v) is 9.10. The minimum absolute atomic E-state index is 0.321. The lowest BCUT2D eigenvalue weighted by molar-refractivity contribution is -0.120. The van der Waals surface area contributed by atoms with Crippen molar-refractivity contribution < 1.29 is 14.3 Å². The average molecular weight is 420 g/mol. The van der Waals surface area contributed by atoms with Gasteiger partial charge in [0.05, 0.1) is 12.7 Å². The number of nitrogens with zero attached hydrogens (tertiary/aromatic N) is 1. The molecule has 1 aliphatic heterocycles. The molecule has 1 fully saturated rings. The SMILES string of the molecule is CCCCCCCCCOCOC1CCC[SiH](CCCS)N(OCC)CC1. The maximum absolute atomic E-state index is 6.02. The topological polar surface area (TPSA) is 30.9 Å². The summed E-state index contributed by atoms with van der Waals surface area (Å²) in [4.78, 5) is 5.96. The lowest BCUT2D eigenvalue weighted by atomic mass is 10.1. The second kappa shape index (κ2) is 18.4. The van der Waals surface area contributed by atoms with Crippen molar-refractivity contribution in [1.29, 1.82) is 0 Å². The highest BCUT2D eigenvalue weighted by atomic mass is 32.1. The van der Waals surface area contributed by atoms with Gasteiger partial charge < -0.3 is 14.3 Å². The van der Waals surface area contributed by atoms with Crippen molar-refractivity contribution in [3.05, 3.63) is 0 Å².